The molecule has 34 heavy (non-hydrogen) atoms. The molecule has 0 unspecified atom stereocenters. The minimum atomic E-state index is -0.132. The van der Waals surface area contributed by atoms with Crippen molar-refractivity contribution in [1.82, 2.24) is 24.8 Å². The van der Waals surface area contributed by atoms with Crippen molar-refractivity contribution in [2.45, 2.75) is 32.5 Å². The Hall–Kier alpha value is -3.42. The summed E-state index contributed by atoms with van der Waals surface area (Å²) in [5.74, 6) is 0.173. The minimum Gasteiger partial charge on any atom is -0.506 e. The maximum Gasteiger partial charge on any atom is 0.170 e. The lowest BCUT2D eigenvalue weighted by molar-refractivity contribution is 0.310. The Kier molecular flexibility index (Phi) is 5.98. The Balaban J connectivity index is 1.64. The number of hydrogen-bond acceptors (Lipinski definition) is 4. The van der Waals surface area contributed by atoms with E-state index < -0.39 is 0 Å². The zero-order chi connectivity index (χ0) is 23.8. The van der Waals surface area contributed by atoms with Gasteiger partial charge in [-0.25, -0.2) is 0 Å². The minimum absolute atomic E-state index is 0.108. The maximum absolute atomic E-state index is 10.6. The van der Waals surface area contributed by atoms with Crippen LogP contribution < -0.4 is 5.32 Å². The Morgan fingerprint density at radius 2 is 1.94 bits per heavy atom. The summed E-state index contributed by atoms with van der Waals surface area (Å²) in [6, 6.07) is 16.9. The zero-order valence-corrected chi connectivity index (χ0v) is 20.4. The van der Waals surface area contributed by atoms with Gasteiger partial charge in [-0.2, -0.15) is 0 Å². The fraction of sp³-hybridized carbons (Fsp3) is 0.192. The van der Waals surface area contributed by atoms with Gasteiger partial charge in [0.05, 0.1) is 23.5 Å². The fourth-order valence-electron chi connectivity index (χ4n) is 4.74. The van der Waals surface area contributed by atoms with Gasteiger partial charge in [0.2, 0.25) is 0 Å². The molecule has 8 heteroatoms. The quantitative estimate of drug-likeness (QED) is 0.365. The number of hydrogen-bond donors (Lipinski definition) is 2. The van der Waals surface area contributed by atoms with Crippen LogP contribution in [-0.2, 0) is 6.54 Å². The summed E-state index contributed by atoms with van der Waals surface area (Å²) in [6.45, 7) is 4.69. The first-order valence-corrected chi connectivity index (χ1v) is 11.8. The van der Waals surface area contributed by atoms with Crippen molar-refractivity contribution in [2.75, 3.05) is 0 Å². The molecule has 1 fully saturated rings. The summed E-state index contributed by atoms with van der Waals surface area (Å²) in [5, 5.41) is 15.3. The van der Waals surface area contributed by atoms with Crippen LogP contribution in [0.25, 0.3) is 5.69 Å². The number of phenolic OH excluding ortho intramolecular Hbond substituents is 1. The first-order chi connectivity index (χ1) is 16.4. The number of rotatable bonds is 5. The molecule has 5 rings (SSSR count). The topological polar surface area (TPSA) is 66.2 Å². The molecule has 0 spiro atoms. The molecule has 6 nitrogen and oxygen atoms in total. The molecule has 3 aromatic heterocycles. The largest absolute Gasteiger partial charge is 0.506 e. The van der Waals surface area contributed by atoms with E-state index in [1.807, 2.05) is 48.0 Å². The predicted octanol–water partition coefficient (Wildman–Crippen LogP) is 5.42. The molecular weight excluding hydrogens is 466 g/mol. The molecule has 0 radical (unpaired) electrons. The summed E-state index contributed by atoms with van der Waals surface area (Å²) in [5.41, 5.74) is 5.73. The molecule has 0 bridgehead atoms. The lowest BCUT2D eigenvalue weighted by atomic mass is 9.96. The zero-order valence-electron chi connectivity index (χ0n) is 18.8. The second-order valence-corrected chi connectivity index (χ2v) is 9.23. The van der Waals surface area contributed by atoms with E-state index in [0.29, 0.717) is 22.4 Å². The van der Waals surface area contributed by atoms with Gasteiger partial charge in [0.1, 0.15) is 5.75 Å². The lowest BCUT2D eigenvalue weighted by Crippen LogP contribution is -2.29. The van der Waals surface area contributed by atoms with E-state index in [1.54, 1.807) is 30.6 Å². The molecule has 1 aliphatic heterocycles. The molecule has 0 saturated carbocycles. The number of benzene rings is 1. The molecule has 1 saturated heterocycles. The van der Waals surface area contributed by atoms with Crippen molar-refractivity contribution in [3.63, 3.8) is 0 Å². The Morgan fingerprint density at radius 3 is 2.68 bits per heavy atom. The van der Waals surface area contributed by atoms with Crippen LogP contribution in [-0.4, -0.2) is 29.7 Å². The van der Waals surface area contributed by atoms with Gasteiger partial charge in [0.15, 0.2) is 5.11 Å². The van der Waals surface area contributed by atoms with E-state index in [2.05, 4.69) is 33.2 Å². The van der Waals surface area contributed by atoms with E-state index >= 15 is 0 Å². The van der Waals surface area contributed by atoms with E-state index in [-0.39, 0.29) is 17.8 Å². The van der Waals surface area contributed by atoms with E-state index in [1.165, 1.54) is 0 Å². The highest BCUT2D eigenvalue weighted by Crippen LogP contribution is 2.42. The number of nitrogens with one attached hydrogen (secondary N) is 1. The van der Waals surface area contributed by atoms with Gasteiger partial charge in [-0.1, -0.05) is 23.7 Å². The summed E-state index contributed by atoms with van der Waals surface area (Å²) < 4.78 is 2.04. The maximum atomic E-state index is 10.6. The third-order valence-electron chi connectivity index (χ3n) is 6.24. The van der Waals surface area contributed by atoms with E-state index in [4.69, 9.17) is 23.8 Å². The fourth-order valence-corrected chi connectivity index (χ4v) is 5.21. The smallest absolute Gasteiger partial charge is 0.170 e. The second kappa shape index (κ2) is 9.08. The third-order valence-corrected chi connectivity index (χ3v) is 6.83. The van der Waals surface area contributed by atoms with Gasteiger partial charge in [-0.05, 0) is 79.7 Å². The molecule has 0 amide bonds. The van der Waals surface area contributed by atoms with Crippen LogP contribution in [0.1, 0.15) is 40.3 Å². The van der Waals surface area contributed by atoms with Crippen molar-refractivity contribution in [3.05, 3.63) is 106 Å². The van der Waals surface area contributed by atoms with Crippen molar-refractivity contribution >= 4 is 28.9 Å². The van der Waals surface area contributed by atoms with Gasteiger partial charge < -0.3 is 19.9 Å². The van der Waals surface area contributed by atoms with E-state index in [0.717, 1.165) is 28.2 Å². The summed E-state index contributed by atoms with van der Waals surface area (Å²) in [7, 11) is 0. The summed E-state index contributed by atoms with van der Waals surface area (Å²) in [4.78, 5) is 11.1. The van der Waals surface area contributed by atoms with Crippen LogP contribution in [0.5, 0.6) is 5.75 Å². The molecule has 172 valence electrons. The number of halogens is 1. The highest BCUT2D eigenvalue weighted by atomic mass is 35.5. The standard InChI is InChI=1S/C26H24ClN5OS/c1-16-12-20(17(2)32(16)22-13-19(27)8-9-23(22)33)25-24(21-7-3-4-11-29-21)30-26(34)31(25)15-18-6-5-10-28-14-18/h3-14,24-25,33H,15H2,1-2H3,(H,30,34)/t24-,25-/m0/s1. The second-order valence-electron chi connectivity index (χ2n) is 8.41. The van der Waals surface area contributed by atoms with Crippen molar-refractivity contribution in [1.29, 1.82) is 0 Å². The van der Waals surface area contributed by atoms with Crippen LogP contribution in [0.15, 0.2) is 73.2 Å². The normalized spacial score (nSPS) is 17.7. The van der Waals surface area contributed by atoms with Gasteiger partial charge in [0, 0.05) is 41.5 Å². The molecule has 0 aliphatic carbocycles. The first kappa shape index (κ1) is 22.4. The Labute approximate surface area is 208 Å². The van der Waals surface area contributed by atoms with Gasteiger partial charge >= 0.3 is 0 Å². The third kappa shape index (κ3) is 4.02. The average Bonchev–Trinajstić information content (AvgIpc) is 3.31. The molecule has 2 N–H and O–H groups in total. The summed E-state index contributed by atoms with van der Waals surface area (Å²) >= 11 is 12.1. The van der Waals surface area contributed by atoms with Crippen molar-refractivity contribution in [2.24, 2.45) is 0 Å². The lowest BCUT2D eigenvalue weighted by Gasteiger charge is -2.28. The predicted molar refractivity (Wildman–Crippen MR) is 137 cm³/mol. The van der Waals surface area contributed by atoms with Crippen LogP contribution in [0.4, 0.5) is 0 Å². The summed E-state index contributed by atoms with van der Waals surface area (Å²) in [6.07, 6.45) is 5.43. The van der Waals surface area contributed by atoms with Crippen LogP contribution >= 0.6 is 23.8 Å². The van der Waals surface area contributed by atoms with Crippen molar-refractivity contribution < 1.29 is 5.11 Å². The highest BCUT2D eigenvalue weighted by Gasteiger charge is 2.41. The molecule has 4 heterocycles. The number of pyridine rings is 2. The molecule has 1 aliphatic rings. The highest BCUT2D eigenvalue weighted by molar-refractivity contribution is 7.80. The number of nitrogens with zero attached hydrogens (tertiary/aromatic N) is 4. The van der Waals surface area contributed by atoms with Gasteiger partial charge in [-0.3, -0.25) is 9.97 Å². The molecule has 2 atom stereocenters. The monoisotopic (exact) mass is 489 g/mol. The Bertz CT molecular complexity index is 1340. The first-order valence-electron chi connectivity index (χ1n) is 11.0. The van der Waals surface area contributed by atoms with Crippen LogP contribution in [0, 0.1) is 13.8 Å². The number of aryl methyl sites for hydroxylation is 1. The SMILES string of the molecule is Cc1cc([C@H]2[C@H](c3ccccn3)NC(=S)N2Cc2cccnc2)c(C)n1-c1cc(Cl)ccc1O. The van der Waals surface area contributed by atoms with Crippen molar-refractivity contribution in [3.8, 4) is 11.4 Å². The molecule has 4 aromatic rings. The molecular formula is C26H24ClN5OS. The van der Waals surface area contributed by atoms with Crippen LogP contribution in [0.2, 0.25) is 5.02 Å². The number of aromatic nitrogens is 3. The number of thiocarbonyl (C=S) groups is 1. The number of aromatic hydroxyl groups is 1. The van der Waals surface area contributed by atoms with Gasteiger partial charge in [0.25, 0.3) is 0 Å². The molecule has 1 aromatic carbocycles. The number of phenols is 1. The Morgan fingerprint density at radius 1 is 1.09 bits per heavy atom. The van der Waals surface area contributed by atoms with Gasteiger partial charge in [-0.15, -0.1) is 0 Å². The van der Waals surface area contributed by atoms with Crippen LogP contribution in [0.3, 0.4) is 0 Å². The van der Waals surface area contributed by atoms with E-state index in [9.17, 15) is 5.11 Å². The average molecular weight is 490 g/mol.